The molecule has 0 atom stereocenters. The number of aryl methyl sites for hydroxylation is 2. The molecular formula is C16H14F2O3. The number of halogens is 2. The van der Waals surface area contributed by atoms with Gasteiger partial charge in [0.25, 0.3) is 0 Å². The summed E-state index contributed by atoms with van der Waals surface area (Å²) in [5.74, 6) is -4.02. The first-order valence-corrected chi connectivity index (χ1v) is 6.30. The van der Waals surface area contributed by atoms with Crippen molar-refractivity contribution in [3.63, 3.8) is 0 Å². The molecule has 0 spiro atoms. The van der Waals surface area contributed by atoms with Gasteiger partial charge in [0, 0.05) is 0 Å². The molecule has 1 N–H and O–H groups in total. The standard InChI is InChI=1S/C16H14F2O3/c1-9-4-3-5-10(2)12(9)8-21-15-13(17)6-11(16(19)20)7-14(15)18/h3-7H,8H2,1-2H3,(H,19,20). The van der Waals surface area contributed by atoms with Crippen LogP contribution >= 0.6 is 0 Å². The van der Waals surface area contributed by atoms with Gasteiger partial charge in [-0.2, -0.15) is 0 Å². The van der Waals surface area contributed by atoms with E-state index >= 15 is 0 Å². The molecule has 2 rings (SSSR count). The predicted octanol–water partition coefficient (Wildman–Crippen LogP) is 3.86. The fourth-order valence-corrected chi connectivity index (χ4v) is 2.04. The van der Waals surface area contributed by atoms with Gasteiger partial charge in [0.15, 0.2) is 17.4 Å². The van der Waals surface area contributed by atoms with Crippen LogP contribution in [-0.4, -0.2) is 11.1 Å². The van der Waals surface area contributed by atoms with E-state index in [1.54, 1.807) is 0 Å². The molecule has 0 saturated carbocycles. The third-order valence-corrected chi connectivity index (χ3v) is 3.25. The second kappa shape index (κ2) is 5.91. The lowest BCUT2D eigenvalue weighted by atomic mass is 10.0. The largest absolute Gasteiger partial charge is 0.483 e. The van der Waals surface area contributed by atoms with E-state index in [-0.39, 0.29) is 6.61 Å². The minimum Gasteiger partial charge on any atom is -0.483 e. The summed E-state index contributed by atoms with van der Waals surface area (Å²) in [7, 11) is 0. The molecule has 2 aromatic rings. The van der Waals surface area contributed by atoms with Crippen molar-refractivity contribution in [3.05, 3.63) is 64.2 Å². The maximum absolute atomic E-state index is 13.7. The minimum atomic E-state index is -1.39. The second-order valence-corrected chi connectivity index (χ2v) is 4.73. The van der Waals surface area contributed by atoms with Gasteiger partial charge < -0.3 is 9.84 Å². The quantitative estimate of drug-likeness (QED) is 0.930. The SMILES string of the molecule is Cc1cccc(C)c1COc1c(F)cc(C(=O)O)cc1F. The van der Waals surface area contributed by atoms with Crippen molar-refractivity contribution in [3.8, 4) is 5.75 Å². The van der Waals surface area contributed by atoms with E-state index in [1.807, 2.05) is 32.0 Å². The van der Waals surface area contributed by atoms with Crippen molar-refractivity contribution in [2.45, 2.75) is 20.5 Å². The summed E-state index contributed by atoms with van der Waals surface area (Å²) in [6.45, 7) is 3.77. The zero-order valence-electron chi connectivity index (χ0n) is 11.6. The number of carboxylic acids is 1. The molecule has 0 aliphatic rings. The summed E-state index contributed by atoms with van der Waals surface area (Å²) in [4.78, 5) is 10.7. The molecule has 0 unspecified atom stereocenters. The van der Waals surface area contributed by atoms with Crippen LogP contribution in [0.15, 0.2) is 30.3 Å². The van der Waals surface area contributed by atoms with Crippen LogP contribution in [0, 0.1) is 25.5 Å². The van der Waals surface area contributed by atoms with Crippen LogP contribution in [0.2, 0.25) is 0 Å². The topological polar surface area (TPSA) is 46.5 Å². The Kier molecular flexibility index (Phi) is 4.21. The van der Waals surface area contributed by atoms with Gasteiger partial charge in [-0.25, -0.2) is 13.6 Å². The molecule has 0 fully saturated rings. The van der Waals surface area contributed by atoms with Crippen molar-refractivity contribution in [2.24, 2.45) is 0 Å². The number of ether oxygens (including phenoxy) is 1. The lowest BCUT2D eigenvalue weighted by Gasteiger charge is -2.13. The highest BCUT2D eigenvalue weighted by molar-refractivity contribution is 5.87. The zero-order chi connectivity index (χ0) is 15.6. The van der Waals surface area contributed by atoms with Crippen LogP contribution in [0.5, 0.6) is 5.75 Å². The molecule has 2 aromatic carbocycles. The van der Waals surface area contributed by atoms with Gasteiger partial charge in [-0.1, -0.05) is 18.2 Å². The number of benzene rings is 2. The fourth-order valence-electron chi connectivity index (χ4n) is 2.04. The van der Waals surface area contributed by atoms with E-state index in [4.69, 9.17) is 9.84 Å². The zero-order valence-corrected chi connectivity index (χ0v) is 11.6. The first-order valence-electron chi connectivity index (χ1n) is 6.30. The first kappa shape index (κ1) is 15.0. The third-order valence-electron chi connectivity index (χ3n) is 3.25. The van der Waals surface area contributed by atoms with Crippen LogP contribution in [0.1, 0.15) is 27.0 Å². The fraction of sp³-hybridized carbons (Fsp3) is 0.188. The van der Waals surface area contributed by atoms with Gasteiger partial charge in [0.05, 0.1) is 5.56 Å². The Bertz CT molecular complexity index is 653. The van der Waals surface area contributed by atoms with E-state index in [0.717, 1.165) is 28.8 Å². The molecule has 0 heterocycles. The van der Waals surface area contributed by atoms with Crippen molar-refractivity contribution >= 4 is 5.97 Å². The lowest BCUT2D eigenvalue weighted by molar-refractivity contribution is 0.0695. The molecular weight excluding hydrogens is 278 g/mol. The normalized spacial score (nSPS) is 10.5. The highest BCUT2D eigenvalue weighted by Crippen LogP contribution is 2.25. The van der Waals surface area contributed by atoms with Crippen molar-refractivity contribution in [1.29, 1.82) is 0 Å². The van der Waals surface area contributed by atoms with Crippen molar-refractivity contribution in [1.82, 2.24) is 0 Å². The Balaban J connectivity index is 2.27. The summed E-state index contributed by atoms with van der Waals surface area (Å²) in [5, 5.41) is 8.73. The molecule has 0 bridgehead atoms. The molecule has 21 heavy (non-hydrogen) atoms. The molecule has 110 valence electrons. The van der Waals surface area contributed by atoms with Gasteiger partial charge >= 0.3 is 5.97 Å². The maximum Gasteiger partial charge on any atom is 0.335 e. The van der Waals surface area contributed by atoms with E-state index in [1.165, 1.54) is 0 Å². The Morgan fingerprint density at radius 1 is 1.14 bits per heavy atom. The number of carbonyl (C=O) groups is 1. The van der Waals surface area contributed by atoms with Crippen LogP contribution in [0.25, 0.3) is 0 Å². The van der Waals surface area contributed by atoms with Gasteiger partial charge in [-0.3, -0.25) is 0 Å². The van der Waals surface area contributed by atoms with E-state index in [0.29, 0.717) is 0 Å². The number of hydrogen-bond donors (Lipinski definition) is 1. The van der Waals surface area contributed by atoms with Crippen LogP contribution in [0.3, 0.4) is 0 Å². The molecule has 0 saturated heterocycles. The monoisotopic (exact) mass is 292 g/mol. The molecule has 0 aromatic heterocycles. The van der Waals surface area contributed by atoms with Crippen molar-refractivity contribution in [2.75, 3.05) is 0 Å². The van der Waals surface area contributed by atoms with Crippen LogP contribution in [0.4, 0.5) is 8.78 Å². The highest BCUT2D eigenvalue weighted by atomic mass is 19.1. The average Bonchev–Trinajstić information content (AvgIpc) is 2.40. The average molecular weight is 292 g/mol. The summed E-state index contributed by atoms with van der Waals surface area (Å²) in [6.07, 6.45) is 0. The smallest absolute Gasteiger partial charge is 0.335 e. The van der Waals surface area contributed by atoms with E-state index < -0.39 is 28.9 Å². The Hall–Kier alpha value is -2.43. The summed E-state index contributed by atoms with van der Waals surface area (Å²) in [5.41, 5.74) is 2.30. The summed E-state index contributed by atoms with van der Waals surface area (Å²) < 4.78 is 32.7. The van der Waals surface area contributed by atoms with E-state index in [9.17, 15) is 13.6 Å². The first-order chi connectivity index (χ1) is 9.90. The second-order valence-electron chi connectivity index (χ2n) is 4.73. The van der Waals surface area contributed by atoms with Gasteiger partial charge in [0.1, 0.15) is 6.61 Å². The molecule has 0 radical (unpaired) electrons. The van der Waals surface area contributed by atoms with Gasteiger partial charge in [0.2, 0.25) is 0 Å². The molecule has 0 amide bonds. The minimum absolute atomic E-state index is 0.0127. The lowest BCUT2D eigenvalue weighted by Crippen LogP contribution is -2.05. The third kappa shape index (κ3) is 3.18. The molecule has 5 heteroatoms. The Morgan fingerprint density at radius 2 is 1.67 bits per heavy atom. The number of hydrogen-bond acceptors (Lipinski definition) is 2. The maximum atomic E-state index is 13.7. The molecule has 0 aliphatic heterocycles. The predicted molar refractivity (Wildman–Crippen MR) is 73.6 cm³/mol. The number of aromatic carboxylic acids is 1. The number of rotatable bonds is 4. The van der Waals surface area contributed by atoms with E-state index in [2.05, 4.69) is 0 Å². The molecule has 0 aliphatic carbocycles. The Morgan fingerprint density at radius 3 is 2.14 bits per heavy atom. The summed E-state index contributed by atoms with van der Waals surface area (Å²) in [6, 6.07) is 7.13. The summed E-state index contributed by atoms with van der Waals surface area (Å²) >= 11 is 0. The van der Waals surface area contributed by atoms with Crippen molar-refractivity contribution < 1.29 is 23.4 Å². The Labute approximate surface area is 120 Å². The highest BCUT2D eigenvalue weighted by Gasteiger charge is 2.16. The van der Waals surface area contributed by atoms with Crippen LogP contribution < -0.4 is 4.74 Å². The molecule has 3 nitrogen and oxygen atoms in total. The van der Waals surface area contributed by atoms with Gasteiger partial charge in [-0.15, -0.1) is 0 Å². The van der Waals surface area contributed by atoms with Crippen LogP contribution in [-0.2, 0) is 6.61 Å². The number of carboxylic acid groups (broad SMARTS) is 1. The van der Waals surface area contributed by atoms with Gasteiger partial charge in [-0.05, 0) is 42.7 Å².